The summed E-state index contributed by atoms with van der Waals surface area (Å²) >= 11 is 0. The summed E-state index contributed by atoms with van der Waals surface area (Å²) in [7, 11) is 0. The average molecular weight is 345 g/mol. The van der Waals surface area contributed by atoms with Gasteiger partial charge in [0, 0.05) is 0 Å². The molecule has 0 amide bonds. The normalized spacial score (nSPS) is 21.4. The van der Waals surface area contributed by atoms with Gasteiger partial charge < -0.3 is 10.6 Å². The van der Waals surface area contributed by atoms with E-state index in [1.807, 2.05) is 37.3 Å². The largest absolute Gasteiger partial charge is 0.412 e. The van der Waals surface area contributed by atoms with Crippen LogP contribution in [0.25, 0.3) is 0 Å². The van der Waals surface area contributed by atoms with Crippen molar-refractivity contribution >= 4 is 17.1 Å². The fourth-order valence-electron chi connectivity index (χ4n) is 3.20. The Balaban J connectivity index is 0.00000182. The molecule has 0 bridgehead atoms. The number of nitrogens with one attached hydrogen (secondary N) is 1. The van der Waals surface area contributed by atoms with Crippen LogP contribution in [-0.2, 0) is 0 Å². The van der Waals surface area contributed by atoms with Crippen LogP contribution >= 0.6 is 0 Å². The van der Waals surface area contributed by atoms with Crippen LogP contribution in [0, 0.1) is 17.0 Å². The van der Waals surface area contributed by atoms with Crippen LogP contribution in [0.15, 0.2) is 48.5 Å². The first-order valence-electron chi connectivity index (χ1n) is 7.66. The smallest absolute Gasteiger partial charge is 0.166 e. The Morgan fingerprint density at radius 3 is 2.40 bits per heavy atom. The van der Waals surface area contributed by atoms with Gasteiger partial charge in [-0.2, -0.15) is 0 Å². The van der Waals surface area contributed by atoms with Gasteiger partial charge in [-0.3, -0.25) is 10.0 Å². The lowest BCUT2D eigenvalue weighted by atomic mass is 10.1. The molecule has 1 fully saturated rings. The molecule has 2 aliphatic rings. The Morgan fingerprint density at radius 2 is 1.76 bits per heavy atom. The van der Waals surface area contributed by atoms with Crippen LogP contribution in [0.1, 0.15) is 5.56 Å². The first-order chi connectivity index (χ1) is 11.6. The number of nitro groups is 1. The average Bonchev–Trinajstić information content (AvgIpc) is 2.92. The van der Waals surface area contributed by atoms with Gasteiger partial charge in [-0.15, -0.1) is 5.53 Å². The summed E-state index contributed by atoms with van der Waals surface area (Å²) < 4.78 is 0. The van der Waals surface area contributed by atoms with Gasteiger partial charge in [0.2, 0.25) is 0 Å². The number of rotatable bonds is 2. The summed E-state index contributed by atoms with van der Waals surface area (Å²) in [5.74, 6) is 0. The Kier molecular flexibility index (Phi) is 4.21. The third-order valence-electron chi connectivity index (χ3n) is 4.44. The van der Waals surface area contributed by atoms with E-state index >= 15 is 0 Å². The molecule has 2 atom stereocenters. The van der Waals surface area contributed by atoms with Crippen molar-refractivity contribution in [2.45, 2.75) is 19.2 Å². The number of nitrogens with zero attached hydrogens (tertiary/aromatic N) is 4. The van der Waals surface area contributed by atoms with Gasteiger partial charge in [-0.1, -0.05) is 34.8 Å². The molecular weight excluding hydrogens is 326 g/mol. The molecule has 4 N–H and O–H groups in total. The number of aliphatic hydroxyl groups is 1. The standard InChI is InChI=1S/C16H17N5O3.H2O/c1-11-6-8-12(9-7-11)19-16(22)15-10-18(21(23)24)13-4-2-3-5-14(13)20(15)17-19;/h2-9,15-17,22H,10H2,1H3;1H2. The highest BCUT2D eigenvalue weighted by molar-refractivity contribution is 5.74. The molecule has 132 valence electrons. The quantitative estimate of drug-likeness (QED) is 0.605. The molecule has 0 spiro atoms. The summed E-state index contributed by atoms with van der Waals surface area (Å²) in [6.07, 6.45) is -0.913. The van der Waals surface area contributed by atoms with Crippen molar-refractivity contribution in [1.82, 2.24) is 5.53 Å². The molecule has 0 aromatic heterocycles. The number of aliphatic hydroxyl groups excluding tert-OH is 1. The van der Waals surface area contributed by atoms with E-state index in [9.17, 15) is 15.2 Å². The number of benzene rings is 2. The molecule has 0 radical (unpaired) electrons. The minimum atomic E-state index is -0.913. The van der Waals surface area contributed by atoms with Crippen molar-refractivity contribution < 1.29 is 15.6 Å². The molecule has 4 rings (SSSR count). The van der Waals surface area contributed by atoms with Crippen LogP contribution in [0.5, 0.6) is 0 Å². The summed E-state index contributed by atoms with van der Waals surface area (Å²) in [6.45, 7) is 2.08. The lowest BCUT2D eigenvalue weighted by Crippen LogP contribution is -2.53. The summed E-state index contributed by atoms with van der Waals surface area (Å²) in [5, 5.41) is 26.2. The maximum absolute atomic E-state index is 11.4. The van der Waals surface area contributed by atoms with Gasteiger partial charge in [-0.25, -0.2) is 10.1 Å². The Morgan fingerprint density at radius 1 is 1.12 bits per heavy atom. The van der Waals surface area contributed by atoms with E-state index < -0.39 is 17.3 Å². The Labute approximate surface area is 144 Å². The lowest BCUT2D eigenvalue weighted by Gasteiger charge is -2.34. The number of hydrazine groups is 3. The van der Waals surface area contributed by atoms with Gasteiger partial charge in [0.05, 0.1) is 11.4 Å². The highest BCUT2D eigenvalue weighted by Crippen LogP contribution is 2.38. The third-order valence-corrected chi connectivity index (χ3v) is 4.44. The van der Waals surface area contributed by atoms with Crippen LogP contribution in [0.3, 0.4) is 0 Å². The molecule has 2 unspecified atom stereocenters. The predicted octanol–water partition coefficient (Wildman–Crippen LogP) is 0.615. The van der Waals surface area contributed by atoms with Crippen molar-refractivity contribution in [2.75, 3.05) is 21.6 Å². The number of aryl methyl sites for hydroxylation is 1. The zero-order chi connectivity index (χ0) is 16.8. The summed E-state index contributed by atoms with van der Waals surface area (Å²) in [4.78, 5) is 11.4. The molecule has 0 aliphatic carbocycles. The van der Waals surface area contributed by atoms with Crippen molar-refractivity contribution in [3.05, 3.63) is 64.2 Å². The molecule has 9 heteroatoms. The maximum Gasteiger partial charge on any atom is 0.166 e. The number of fused-ring (bicyclic) bond motifs is 3. The second kappa shape index (κ2) is 6.20. The second-order valence-electron chi connectivity index (χ2n) is 5.97. The van der Waals surface area contributed by atoms with Crippen molar-refractivity contribution in [3.8, 4) is 0 Å². The number of para-hydroxylation sites is 2. The molecule has 2 aromatic carbocycles. The van der Waals surface area contributed by atoms with Crippen molar-refractivity contribution in [3.63, 3.8) is 0 Å². The first kappa shape index (κ1) is 17.0. The molecule has 2 aromatic rings. The fraction of sp³-hybridized carbons (Fsp3) is 0.250. The number of hydrogen-bond acceptors (Lipinski definition) is 6. The van der Waals surface area contributed by atoms with Gasteiger partial charge in [0.25, 0.3) is 0 Å². The van der Waals surface area contributed by atoms with Gasteiger partial charge >= 0.3 is 0 Å². The van der Waals surface area contributed by atoms with E-state index in [1.54, 1.807) is 28.2 Å². The molecular formula is C16H19N5O4. The molecule has 2 heterocycles. The zero-order valence-corrected chi connectivity index (χ0v) is 13.5. The van der Waals surface area contributed by atoms with E-state index in [4.69, 9.17) is 0 Å². The van der Waals surface area contributed by atoms with E-state index in [0.29, 0.717) is 11.4 Å². The van der Waals surface area contributed by atoms with E-state index in [0.717, 1.165) is 16.3 Å². The zero-order valence-electron chi connectivity index (χ0n) is 13.5. The van der Waals surface area contributed by atoms with Crippen molar-refractivity contribution in [2.24, 2.45) is 0 Å². The van der Waals surface area contributed by atoms with Gasteiger partial charge in [0.1, 0.15) is 18.3 Å². The predicted molar refractivity (Wildman–Crippen MR) is 93.5 cm³/mol. The maximum atomic E-state index is 11.4. The molecule has 1 saturated heterocycles. The second-order valence-corrected chi connectivity index (χ2v) is 5.97. The number of hydrogen-bond donors (Lipinski definition) is 2. The van der Waals surface area contributed by atoms with Gasteiger partial charge in [0.15, 0.2) is 11.3 Å². The SMILES string of the molecule is Cc1ccc(N2NN3c4ccccc4N([N+](=O)[O-])CC3C2O)cc1.O. The van der Waals surface area contributed by atoms with Gasteiger partial charge in [-0.05, 0) is 31.2 Å². The minimum Gasteiger partial charge on any atom is -0.412 e. The van der Waals surface area contributed by atoms with E-state index in [1.165, 1.54) is 0 Å². The summed E-state index contributed by atoms with van der Waals surface area (Å²) in [5.41, 5.74) is 6.25. The number of anilines is 3. The minimum absolute atomic E-state index is 0. The fourth-order valence-corrected chi connectivity index (χ4v) is 3.20. The Hall–Kier alpha value is -2.88. The van der Waals surface area contributed by atoms with Crippen molar-refractivity contribution in [1.29, 1.82) is 0 Å². The van der Waals surface area contributed by atoms with Crippen LogP contribution < -0.4 is 20.6 Å². The van der Waals surface area contributed by atoms with Crippen LogP contribution in [0.4, 0.5) is 17.1 Å². The molecule has 9 nitrogen and oxygen atoms in total. The topological polar surface area (TPSA) is 117 Å². The Bertz CT molecular complexity index is 784. The van der Waals surface area contributed by atoms with E-state index in [2.05, 4.69) is 5.53 Å². The molecule has 0 saturated carbocycles. The highest BCUT2D eigenvalue weighted by atomic mass is 16.7. The van der Waals surface area contributed by atoms with Crippen LogP contribution in [0.2, 0.25) is 0 Å². The molecule has 2 aliphatic heterocycles. The monoisotopic (exact) mass is 345 g/mol. The summed E-state index contributed by atoms with van der Waals surface area (Å²) in [6, 6.07) is 14.3. The first-order valence-corrected chi connectivity index (χ1v) is 7.66. The third kappa shape index (κ3) is 2.64. The van der Waals surface area contributed by atoms with E-state index in [-0.39, 0.29) is 12.0 Å². The van der Waals surface area contributed by atoms with Crippen LogP contribution in [-0.4, -0.2) is 34.4 Å². The highest BCUT2D eigenvalue weighted by Gasteiger charge is 2.47. The lowest BCUT2D eigenvalue weighted by molar-refractivity contribution is -0.495. The molecule has 25 heavy (non-hydrogen) atoms.